The van der Waals surface area contributed by atoms with Crippen molar-refractivity contribution in [3.05, 3.63) is 40.3 Å². The van der Waals surface area contributed by atoms with Gasteiger partial charge in [-0.05, 0) is 31.2 Å². The lowest BCUT2D eigenvalue weighted by Gasteiger charge is -2.12. The van der Waals surface area contributed by atoms with Crippen molar-refractivity contribution < 1.29 is 13.2 Å². The smallest absolute Gasteiger partial charge is 0.191 e. The van der Waals surface area contributed by atoms with Crippen LogP contribution in [-0.2, 0) is 16.3 Å². The minimum atomic E-state index is -3.18. The summed E-state index contributed by atoms with van der Waals surface area (Å²) in [6.07, 6.45) is 3.91. The molecule has 26 heavy (non-hydrogen) atoms. The maximum absolute atomic E-state index is 11.4. The molecule has 9 heteroatoms. The third-order valence-electron chi connectivity index (χ3n) is 3.44. The molecule has 2 N–H and O–H groups in total. The number of guanidine groups is 1. The highest BCUT2D eigenvalue weighted by Crippen LogP contribution is 2.15. The van der Waals surface area contributed by atoms with Crippen LogP contribution in [0.2, 0.25) is 0 Å². The van der Waals surface area contributed by atoms with Gasteiger partial charge in [0.05, 0.1) is 16.4 Å². The average molecular weight is 397 g/mol. The summed E-state index contributed by atoms with van der Waals surface area (Å²) in [6.45, 7) is 3.80. The van der Waals surface area contributed by atoms with E-state index in [4.69, 9.17) is 4.74 Å². The average Bonchev–Trinajstić information content (AvgIpc) is 3.02. The number of aryl methyl sites for hydroxylation is 1. The molecule has 142 valence electrons. The van der Waals surface area contributed by atoms with Crippen LogP contribution in [0.15, 0.2) is 40.4 Å². The summed E-state index contributed by atoms with van der Waals surface area (Å²) < 4.78 is 28.4. The number of benzene rings is 1. The lowest BCUT2D eigenvalue weighted by Crippen LogP contribution is -2.40. The van der Waals surface area contributed by atoms with E-state index in [-0.39, 0.29) is 4.90 Å². The molecule has 2 rings (SSSR count). The minimum absolute atomic E-state index is 0.281. The van der Waals surface area contributed by atoms with Crippen LogP contribution in [0.4, 0.5) is 0 Å². The number of thiazole rings is 1. The van der Waals surface area contributed by atoms with Crippen LogP contribution in [0.25, 0.3) is 0 Å². The Morgan fingerprint density at radius 2 is 1.92 bits per heavy atom. The predicted molar refractivity (Wildman–Crippen MR) is 105 cm³/mol. The van der Waals surface area contributed by atoms with Gasteiger partial charge >= 0.3 is 0 Å². The first kappa shape index (κ1) is 20.2. The van der Waals surface area contributed by atoms with E-state index >= 15 is 0 Å². The van der Waals surface area contributed by atoms with Crippen LogP contribution in [0.3, 0.4) is 0 Å². The first-order valence-electron chi connectivity index (χ1n) is 8.17. The van der Waals surface area contributed by atoms with Crippen molar-refractivity contribution in [1.82, 2.24) is 15.6 Å². The largest absolute Gasteiger partial charge is 0.492 e. The van der Waals surface area contributed by atoms with Crippen molar-refractivity contribution >= 4 is 27.1 Å². The highest BCUT2D eigenvalue weighted by Gasteiger charge is 2.06. The van der Waals surface area contributed by atoms with E-state index in [1.54, 1.807) is 42.6 Å². The van der Waals surface area contributed by atoms with Crippen molar-refractivity contribution in [2.45, 2.75) is 18.2 Å². The number of aromatic nitrogens is 1. The fourth-order valence-corrected chi connectivity index (χ4v) is 3.56. The van der Waals surface area contributed by atoms with Crippen LogP contribution in [0.5, 0.6) is 5.75 Å². The maximum Gasteiger partial charge on any atom is 0.191 e. The molecule has 1 aromatic heterocycles. The molecule has 0 atom stereocenters. The topological polar surface area (TPSA) is 92.7 Å². The van der Waals surface area contributed by atoms with Gasteiger partial charge in [0.1, 0.15) is 12.4 Å². The SMILES string of the molecule is CN=C(NCCOc1ccc(S(C)(=O)=O)cc1)NCCc1ncc(C)s1. The van der Waals surface area contributed by atoms with E-state index in [0.717, 1.165) is 18.0 Å². The predicted octanol–water partition coefficient (Wildman–Crippen LogP) is 1.64. The second-order valence-corrected chi connectivity index (χ2v) is 8.97. The summed E-state index contributed by atoms with van der Waals surface area (Å²) in [7, 11) is -1.47. The monoisotopic (exact) mass is 396 g/mol. The molecule has 2 aromatic rings. The number of rotatable bonds is 8. The van der Waals surface area contributed by atoms with Gasteiger partial charge < -0.3 is 15.4 Å². The Morgan fingerprint density at radius 1 is 1.23 bits per heavy atom. The number of ether oxygens (including phenoxy) is 1. The van der Waals surface area contributed by atoms with Crippen molar-refractivity contribution in [2.24, 2.45) is 4.99 Å². The first-order valence-corrected chi connectivity index (χ1v) is 10.9. The van der Waals surface area contributed by atoms with E-state index in [2.05, 4.69) is 20.6 Å². The molecule has 0 unspecified atom stereocenters. The normalized spacial score (nSPS) is 12.0. The molecule has 0 fully saturated rings. The molecule has 0 bridgehead atoms. The molecular formula is C17H24N4O3S2. The van der Waals surface area contributed by atoms with Gasteiger partial charge in [-0.1, -0.05) is 0 Å². The van der Waals surface area contributed by atoms with Gasteiger partial charge in [-0.3, -0.25) is 4.99 Å². The number of hydrogen-bond acceptors (Lipinski definition) is 6. The Bertz CT molecular complexity index is 830. The lowest BCUT2D eigenvalue weighted by atomic mass is 10.3. The standard InChI is InChI=1S/C17H24N4O3S2/c1-13-12-21-16(25-13)8-9-19-17(18-2)20-10-11-24-14-4-6-15(7-5-14)26(3,22)23/h4-7,12H,8-11H2,1-3H3,(H2,18,19,20). The molecule has 1 aromatic carbocycles. The Hall–Kier alpha value is -2.13. The van der Waals surface area contributed by atoms with E-state index in [1.807, 2.05) is 13.1 Å². The summed E-state index contributed by atoms with van der Waals surface area (Å²) in [4.78, 5) is 9.98. The first-order chi connectivity index (χ1) is 12.4. The van der Waals surface area contributed by atoms with Crippen molar-refractivity contribution in [2.75, 3.05) is 33.0 Å². The van der Waals surface area contributed by atoms with E-state index < -0.39 is 9.84 Å². The highest BCUT2D eigenvalue weighted by molar-refractivity contribution is 7.90. The number of sulfone groups is 1. The van der Waals surface area contributed by atoms with Crippen molar-refractivity contribution in [3.8, 4) is 5.75 Å². The van der Waals surface area contributed by atoms with Gasteiger partial charge in [-0.25, -0.2) is 13.4 Å². The summed E-state index contributed by atoms with van der Waals surface area (Å²) in [6, 6.07) is 6.39. The molecule has 0 saturated carbocycles. The van der Waals surface area contributed by atoms with E-state index in [1.165, 1.54) is 11.1 Å². The van der Waals surface area contributed by atoms with Crippen LogP contribution in [0.1, 0.15) is 9.88 Å². The zero-order chi connectivity index (χ0) is 19.0. The summed E-state index contributed by atoms with van der Waals surface area (Å²) >= 11 is 1.70. The van der Waals surface area contributed by atoms with Gasteiger partial charge in [0.2, 0.25) is 0 Å². The summed E-state index contributed by atoms with van der Waals surface area (Å²) in [5.74, 6) is 1.33. The Kier molecular flexibility index (Phi) is 7.40. The van der Waals surface area contributed by atoms with Gasteiger partial charge in [0.25, 0.3) is 0 Å². The zero-order valence-corrected chi connectivity index (χ0v) is 16.8. The Balaban J connectivity index is 1.67. The third-order valence-corrected chi connectivity index (χ3v) is 5.54. The molecule has 0 spiro atoms. The van der Waals surface area contributed by atoms with Crippen LogP contribution in [-0.4, -0.2) is 52.4 Å². The maximum atomic E-state index is 11.4. The molecule has 0 amide bonds. The van der Waals surface area contributed by atoms with Crippen molar-refractivity contribution in [3.63, 3.8) is 0 Å². The molecule has 0 aliphatic rings. The van der Waals surface area contributed by atoms with Gasteiger partial charge in [-0.2, -0.15) is 0 Å². The lowest BCUT2D eigenvalue weighted by molar-refractivity contribution is 0.321. The van der Waals surface area contributed by atoms with Gasteiger partial charge in [-0.15, -0.1) is 11.3 Å². The molecule has 7 nitrogen and oxygen atoms in total. The molecule has 0 aliphatic carbocycles. The Labute approximate surface area is 158 Å². The molecule has 0 saturated heterocycles. The number of nitrogens with zero attached hydrogens (tertiary/aromatic N) is 2. The van der Waals surface area contributed by atoms with Gasteiger partial charge in [0, 0.05) is 37.3 Å². The summed E-state index contributed by atoms with van der Waals surface area (Å²) in [5.41, 5.74) is 0. The van der Waals surface area contributed by atoms with Crippen molar-refractivity contribution in [1.29, 1.82) is 0 Å². The molecular weight excluding hydrogens is 372 g/mol. The highest BCUT2D eigenvalue weighted by atomic mass is 32.2. The molecule has 0 aliphatic heterocycles. The van der Waals surface area contributed by atoms with E-state index in [0.29, 0.717) is 24.9 Å². The fraction of sp³-hybridized carbons (Fsp3) is 0.412. The number of hydrogen-bond donors (Lipinski definition) is 2. The third kappa shape index (κ3) is 6.64. The molecule has 0 radical (unpaired) electrons. The number of aliphatic imine (C=N–C) groups is 1. The quantitative estimate of drug-likeness (QED) is 0.400. The second kappa shape index (κ2) is 9.54. The van der Waals surface area contributed by atoms with Crippen LogP contribution < -0.4 is 15.4 Å². The second-order valence-electron chi connectivity index (χ2n) is 5.63. The van der Waals surface area contributed by atoms with E-state index in [9.17, 15) is 8.42 Å². The fourth-order valence-electron chi connectivity index (χ4n) is 2.15. The Morgan fingerprint density at radius 3 is 2.50 bits per heavy atom. The number of nitrogens with one attached hydrogen (secondary N) is 2. The molecule has 1 heterocycles. The summed E-state index contributed by atoms with van der Waals surface area (Å²) in [5, 5.41) is 7.50. The van der Waals surface area contributed by atoms with Crippen LogP contribution >= 0.6 is 11.3 Å². The zero-order valence-electron chi connectivity index (χ0n) is 15.2. The van der Waals surface area contributed by atoms with Gasteiger partial charge in [0.15, 0.2) is 15.8 Å². The van der Waals surface area contributed by atoms with Crippen LogP contribution in [0, 0.1) is 6.92 Å². The minimum Gasteiger partial charge on any atom is -0.492 e.